The van der Waals surface area contributed by atoms with Crippen LogP contribution in [-0.4, -0.2) is 51.3 Å². The summed E-state index contributed by atoms with van der Waals surface area (Å²) in [5.74, 6) is 2.54. The number of piperidine rings is 1. The lowest BCUT2D eigenvalue weighted by molar-refractivity contribution is 0.110. The van der Waals surface area contributed by atoms with E-state index < -0.39 is 0 Å². The Morgan fingerprint density at radius 3 is 2.83 bits per heavy atom. The molecule has 1 aliphatic heterocycles. The maximum atomic E-state index is 5.97. The van der Waals surface area contributed by atoms with Crippen LogP contribution in [0.15, 0.2) is 18.5 Å². The molecule has 0 spiro atoms. The Morgan fingerprint density at radius 2 is 2.08 bits per heavy atom. The highest BCUT2D eigenvalue weighted by atomic mass is 16.5. The molecule has 1 aliphatic rings. The quantitative estimate of drug-likeness (QED) is 0.847. The molecule has 0 radical (unpaired) electrons. The van der Waals surface area contributed by atoms with Gasteiger partial charge in [0.25, 0.3) is 0 Å². The lowest BCUT2D eigenvalue weighted by atomic mass is 10.1. The first-order valence-electron chi connectivity index (χ1n) is 8.57. The fourth-order valence-corrected chi connectivity index (χ4v) is 2.84. The first-order chi connectivity index (χ1) is 11.6. The summed E-state index contributed by atoms with van der Waals surface area (Å²) in [5, 5.41) is 10.5. The van der Waals surface area contributed by atoms with Crippen LogP contribution in [0.2, 0.25) is 0 Å². The predicted molar refractivity (Wildman–Crippen MR) is 93.6 cm³/mol. The smallest absolute Gasteiger partial charge is 0.234 e. The summed E-state index contributed by atoms with van der Waals surface area (Å²) < 4.78 is 5.97. The van der Waals surface area contributed by atoms with Gasteiger partial charge in [-0.15, -0.1) is 0 Å². The molecule has 2 N–H and O–H groups in total. The monoisotopic (exact) mass is 330 g/mol. The van der Waals surface area contributed by atoms with Crippen molar-refractivity contribution in [3.8, 4) is 5.88 Å². The number of aromatic amines is 1. The zero-order valence-corrected chi connectivity index (χ0v) is 14.6. The molecular weight excluding hydrogens is 304 g/mol. The molecule has 0 bridgehead atoms. The SMILES string of the molecule is CC(C)Cc1cc(Nc2cncc(OC3CCN(C)CC3)n2)n[nH]1. The van der Waals surface area contributed by atoms with Gasteiger partial charge in [0.05, 0.1) is 12.4 Å². The van der Waals surface area contributed by atoms with Crippen molar-refractivity contribution in [1.29, 1.82) is 0 Å². The molecule has 0 unspecified atom stereocenters. The third-order valence-electron chi connectivity index (χ3n) is 4.08. The molecule has 0 aliphatic carbocycles. The van der Waals surface area contributed by atoms with Gasteiger partial charge in [-0.3, -0.25) is 10.1 Å². The molecule has 3 rings (SSSR count). The highest BCUT2D eigenvalue weighted by Gasteiger charge is 2.18. The second-order valence-corrected chi connectivity index (χ2v) is 6.86. The number of hydrogen-bond donors (Lipinski definition) is 2. The first-order valence-corrected chi connectivity index (χ1v) is 8.57. The number of anilines is 2. The molecule has 2 aromatic rings. The van der Waals surface area contributed by atoms with Gasteiger partial charge in [-0.05, 0) is 32.2 Å². The minimum atomic E-state index is 0.216. The van der Waals surface area contributed by atoms with Crippen LogP contribution < -0.4 is 10.1 Å². The van der Waals surface area contributed by atoms with Crippen molar-refractivity contribution in [2.24, 2.45) is 5.92 Å². The Bertz CT molecular complexity index is 648. The second kappa shape index (κ2) is 7.61. The molecule has 130 valence electrons. The maximum Gasteiger partial charge on any atom is 0.234 e. The number of likely N-dealkylation sites (tertiary alicyclic amines) is 1. The summed E-state index contributed by atoms with van der Waals surface area (Å²) in [6.07, 6.45) is 6.58. The minimum absolute atomic E-state index is 0.216. The largest absolute Gasteiger partial charge is 0.473 e. The van der Waals surface area contributed by atoms with E-state index in [0.29, 0.717) is 17.6 Å². The van der Waals surface area contributed by atoms with Crippen LogP contribution in [0.5, 0.6) is 5.88 Å². The number of ether oxygens (including phenoxy) is 1. The maximum absolute atomic E-state index is 5.97. The lowest BCUT2D eigenvalue weighted by Crippen LogP contribution is -2.35. The molecule has 0 atom stereocenters. The van der Waals surface area contributed by atoms with Crippen LogP contribution in [-0.2, 0) is 6.42 Å². The summed E-state index contributed by atoms with van der Waals surface area (Å²) >= 11 is 0. The summed E-state index contributed by atoms with van der Waals surface area (Å²) in [6, 6.07) is 2.01. The van der Waals surface area contributed by atoms with Crippen molar-refractivity contribution < 1.29 is 4.74 Å². The lowest BCUT2D eigenvalue weighted by Gasteiger charge is -2.28. The van der Waals surface area contributed by atoms with Gasteiger partial charge in [-0.1, -0.05) is 13.8 Å². The van der Waals surface area contributed by atoms with Crippen molar-refractivity contribution in [3.63, 3.8) is 0 Å². The van der Waals surface area contributed by atoms with Crippen LogP contribution >= 0.6 is 0 Å². The Balaban J connectivity index is 1.59. The summed E-state index contributed by atoms with van der Waals surface area (Å²) in [4.78, 5) is 11.0. The van der Waals surface area contributed by atoms with Gasteiger partial charge in [0, 0.05) is 24.8 Å². The van der Waals surface area contributed by atoms with Gasteiger partial charge < -0.3 is 15.0 Å². The van der Waals surface area contributed by atoms with Crippen molar-refractivity contribution in [2.45, 2.75) is 39.2 Å². The fraction of sp³-hybridized carbons (Fsp3) is 0.588. The highest BCUT2D eigenvalue weighted by Crippen LogP contribution is 2.19. The number of H-pyrrole nitrogens is 1. The number of nitrogens with one attached hydrogen (secondary N) is 2. The highest BCUT2D eigenvalue weighted by molar-refractivity contribution is 5.51. The molecule has 0 aromatic carbocycles. The molecule has 0 saturated carbocycles. The van der Waals surface area contributed by atoms with E-state index in [9.17, 15) is 0 Å². The standard InChI is InChI=1S/C17H26N6O/c1-12(2)8-13-9-15(22-21-13)19-16-10-18-11-17(20-16)24-14-4-6-23(3)7-5-14/h9-12,14H,4-8H2,1-3H3,(H2,19,20,21,22). The minimum Gasteiger partial charge on any atom is -0.473 e. The van der Waals surface area contributed by atoms with E-state index in [-0.39, 0.29) is 6.10 Å². The fourth-order valence-electron chi connectivity index (χ4n) is 2.84. The molecule has 2 aromatic heterocycles. The van der Waals surface area contributed by atoms with Crippen molar-refractivity contribution in [2.75, 3.05) is 25.5 Å². The summed E-state index contributed by atoms with van der Waals surface area (Å²) in [5.41, 5.74) is 1.11. The average Bonchev–Trinajstić information content (AvgIpc) is 2.96. The van der Waals surface area contributed by atoms with Gasteiger partial charge in [-0.25, -0.2) is 0 Å². The predicted octanol–water partition coefficient (Wildman–Crippen LogP) is 2.61. The summed E-state index contributed by atoms with van der Waals surface area (Å²) in [7, 11) is 2.14. The van der Waals surface area contributed by atoms with Gasteiger partial charge in [0.2, 0.25) is 5.88 Å². The molecular formula is C17H26N6O. The van der Waals surface area contributed by atoms with E-state index >= 15 is 0 Å². The summed E-state index contributed by atoms with van der Waals surface area (Å²) in [6.45, 7) is 6.48. The van der Waals surface area contributed by atoms with Gasteiger partial charge in [0.15, 0.2) is 11.6 Å². The van der Waals surface area contributed by atoms with Gasteiger partial charge in [-0.2, -0.15) is 10.1 Å². The number of aromatic nitrogens is 4. The Hall–Kier alpha value is -2.15. The number of rotatable bonds is 6. The second-order valence-electron chi connectivity index (χ2n) is 6.86. The van der Waals surface area contributed by atoms with E-state index in [0.717, 1.165) is 43.9 Å². The Labute approximate surface area is 142 Å². The number of hydrogen-bond acceptors (Lipinski definition) is 6. The molecule has 0 amide bonds. The van der Waals surface area contributed by atoms with E-state index in [1.165, 1.54) is 0 Å². The molecule has 1 fully saturated rings. The topological polar surface area (TPSA) is 79.0 Å². The van der Waals surface area contributed by atoms with Gasteiger partial charge >= 0.3 is 0 Å². The average molecular weight is 330 g/mol. The third-order valence-corrected chi connectivity index (χ3v) is 4.08. The molecule has 7 heteroatoms. The van der Waals surface area contributed by atoms with E-state index in [1.54, 1.807) is 12.4 Å². The molecule has 24 heavy (non-hydrogen) atoms. The Kier molecular flexibility index (Phi) is 5.30. The van der Waals surface area contributed by atoms with E-state index in [4.69, 9.17) is 4.74 Å². The van der Waals surface area contributed by atoms with Crippen LogP contribution in [0.4, 0.5) is 11.6 Å². The van der Waals surface area contributed by atoms with Crippen LogP contribution in [0.1, 0.15) is 32.4 Å². The van der Waals surface area contributed by atoms with Crippen LogP contribution in [0.25, 0.3) is 0 Å². The van der Waals surface area contributed by atoms with Gasteiger partial charge in [0.1, 0.15) is 6.10 Å². The van der Waals surface area contributed by atoms with Crippen molar-refractivity contribution in [1.82, 2.24) is 25.1 Å². The number of nitrogens with zero attached hydrogens (tertiary/aromatic N) is 4. The zero-order valence-electron chi connectivity index (χ0n) is 14.6. The van der Waals surface area contributed by atoms with Crippen molar-refractivity contribution >= 4 is 11.6 Å². The van der Waals surface area contributed by atoms with Crippen molar-refractivity contribution in [3.05, 3.63) is 24.2 Å². The molecule has 3 heterocycles. The first kappa shape index (κ1) is 16.7. The van der Waals surface area contributed by atoms with Crippen LogP contribution in [0, 0.1) is 5.92 Å². The van der Waals surface area contributed by atoms with E-state index in [2.05, 4.69) is 51.3 Å². The Morgan fingerprint density at radius 1 is 1.29 bits per heavy atom. The molecule has 7 nitrogen and oxygen atoms in total. The normalized spacial score (nSPS) is 16.5. The van der Waals surface area contributed by atoms with Crippen LogP contribution in [0.3, 0.4) is 0 Å². The van der Waals surface area contributed by atoms with E-state index in [1.807, 2.05) is 6.07 Å². The zero-order chi connectivity index (χ0) is 16.9. The third kappa shape index (κ3) is 4.67. The molecule has 1 saturated heterocycles.